The Hall–Kier alpha value is -2.15. The van der Waals surface area contributed by atoms with Gasteiger partial charge in [0.2, 0.25) is 0 Å². The van der Waals surface area contributed by atoms with Crippen molar-refractivity contribution in [1.29, 1.82) is 5.26 Å². The van der Waals surface area contributed by atoms with Crippen LogP contribution in [-0.2, 0) is 6.18 Å². The van der Waals surface area contributed by atoms with Crippen LogP contribution in [0.1, 0.15) is 11.1 Å². The largest absolute Gasteiger partial charge is 0.419 e. The van der Waals surface area contributed by atoms with Crippen molar-refractivity contribution in [3.8, 4) is 11.8 Å². The van der Waals surface area contributed by atoms with Gasteiger partial charge in [-0.3, -0.25) is 0 Å². The minimum absolute atomic E-state index is 0.00574. The molecule has 0 spiro atoms. The monoisotopic (exact) mass is 351 g/mol. The molecule has 2 aromatic rings. The van der Waals surface area contributed by atoms with Gasteiger partial charge in [-0.15, -0.1) is 11.8 Å². The zero-order valence-corrected chi connectivity index (χ0v) is 11.9. The lowest BCUT2D eigenvalue weighted by Crippen LogP contribution is -2.10. The molecule has 0 aliphatic carbocycles. The topological polar surface area (TPSA) is 41.6 Å². The minimum Gasteiger partial charge on any atom is -0.240 e. The quantitative estimate of drug-likeness (QED) is 0.607. The van der Waals surface area contributed by atoms with Gasteiger partial charge in [-0.05, 0) is 18.2 Å². The summed E-state index contributed by atoms with van der Waals surface area (Å²) in [6.07, 6.45) is -7.67. The van der Waals surface area contributed by atoms with Crippen molar-refractivity contribution < 1.29 is 26.3 Å². The van der Waals surface area contributed by atoms with Crippen LogP contribution in [0, 0.1) is 11.3 Å². The molecule has 10 heteroatoms. The highest BCUT2D eigenvalue weighted by atomic mass is 32.2. The molecule has 0 unspecified atom stereocenters. The lowest BCUT2D eigenvalue weighted by Gasteiger charge is -2.09. The van der Waals surface area contributed by atoms with Gasteiger partial charge in [0, 0.05) is 11.1 Å². The fraction of sp³-hybridized carbons (Fsp3) is 0.231. The first kappa shape index (κ1) is 17.2. The summed E-state index contributed by atoms with van der Waals surface area (Å²) < 4.78 is 75.4. The van der Waals surface area contributed by atoms with E-state index in [1.165, 1.54) is 18.2 Å². The van der Waals surface area contributed by atoms with Gasteiger partial charge in [-0.2, -0.15) is 36.7 Å². The Labute approximate surface area is 130 Å². The molecule has 0 atom stereocenters. The SMILES string of the molecule is N#Cc1ccc(-n2cc(C(F)(F)F)cn2)cc1SCC(F)(F)F. The molecule has 0 aliphatic heterocycles. The molecule has 23 heavy (non-hydrogen) atoms. The van der Waals surface area contributed by atoms with Crippen molar-refractivity contribution in [3.05, 3.63) is 41.7 Å². The summed E-state index contributed by atoms with van der Waals surface area (Å²) in [6.45, 7) is 0. The fourth-order valence-electron chi connectivity index (χ4n) is 1.64. The molecule has 122 valence electrons. The Balaban J connectivity index is 2.34. The second-order valence-corrected chi connectivity index (χ2v) is 5.38. The van der Waals surface area contributed by atoms with Crippen molar-refractivity contribution in [1.82, 2.24) is 9.78 Å². The molecule has 1 aromatic carbocycles. The van der Waals surface area contributed by atoms with Crippen molar-refractivity contribution in [2.75, 3.05) is 5.75 Å². The number of nitrogens with zero attached hydrogens (tertiary/aromatic N) is 3. The van der Waals surface area contributed by atoms with Crippen LogP contribution < -0.4 is 0 Å². The van der Waals surface area contributed by atoms with Gasteiger partial charge in [0.15, 0.2) is 0 Å². The Bertz CT molecular complexity index is 741. The number of halogens is 6. The van der Waals surface area contributed by atoms with Crippen molar-refractivity contribution in [2.45, 2.75) is 17.2 Å². The van der Waals surface area contributed by atoms with Gasteiger partial charge >= 0.3 is 12.4 Å². The normalized spacial score (nSPS) is 12.2. The van der Waals surface area contributed by atoms with E-state index in [4.69, 9.17) is 5.26 Å². The highest BCUT2D eigenvalue weighted by molar-refractivity contribution is 7.99. The fourth-order valence-corrected chi connectivity index (χ4v) is 2.43. The number of rotatable bonds is 3. The first-order chi connectivity index (χ1) is 10.6. The summed E-state index contributed by atoms with van der Waals surface area (Å²) in [4.78, 5) is 0.0198. The minimum atomic E-state index is -4.57. The van der Waals surface area contributed by atoms with E-state index in [0.717, 1.165) is 10.9 Å². The average molecular weight is 351 g/mol. The molecule has 2 rings (SSSR count). The number of thioether (sulfide) groups is 1. The van der Waals surface area contributed by atoms with Crippen molar-refractivity contribution in [3.63, 3.8) is 0 Å². The van der Waals surface area contributed by atoms with Gasteiger partial charge in [0.25, 0.3) is 0 Å². The third-order valence-electron chi connectivity index (χ3n) is 2.65. The highest BCUT2D eigenvalue weighted by Gasteiger charge is 2.32. The number of benzene rings is 1. The number of alkyl halides is 6. The van der Waals surface area contributed by atoms with E-state index >= 15 is 0 Å². The molecule has 0 saturated heterocycles. The van der Waals surface area contributed by atoms with Crippen LogP contribution in [-0.4, -0.2) is 21.7 Å². The summed E-state index contributed by atoms with van der Waals surface area (Å²) in [6, 6.07) is 5.49. The first-order valence-corrected chi connectivity index (χ1v) is 6.94. The Morgan fingerprint density at radius 3 is 2.39 bits per heavy atom. The molecule has 1 heterocycles. The Morgan fingerprint density at radius 1 is 1.17 bits per heavy atom. The van der Waals surface area contributed by atoms with Crippen LogP contribution >= 0.6 is 11.8 Å². The van der Waals surface area contributed by atoms with Crippen LogP contribution in [0.4, 0.5) is 26.3 Å². The summed E-state index contributed by atoms with van der Waals surface area (Å²) in [5, 5.41) is 12.4. The summed E-state index contributed by atoms with van der Waals surface area (Å²) in [5.41, 5.74) is -0.846. The summed E-state index contributed by atoms with van der Waals surface area (Å²) in [5.74, 6) is -1.21. The maximum Gasteiger partial charge on any atom is 0.419 e. The van der Waals surface area contributed by atoms with Gasteiger partial charge in [-0.1, -0.05) is 0 Å². The summed E-state index contributed by atoms with van der Waals surface area (Å²) in [7, 11) is 0. The van der Waals surface area contributed by atoms with E-state index in [0.29, 0.717) is 18.0 Å². The van der Waals surface area contributed by atoms with Crippen LogP contribution in [0.2, 0.25) is 0 Å². The van der Waals surface area contributed by atoms with E-state index in [1.807, 2.05) is 0 Å². The van der Waals surface area contributed by atoms with Crippen LogP contribution in [0.5, 0.6) is 0 Å². The Morgan fingerprint density at radius 2 is 1.87 bits per heavy atom. The number of nitriles is 1. The Kier molecular flexibility index (Phi) is 4.61. The second kappa shape index (κ2) is 6.16. The average Bonchev–Trinajstić information content (AvgIpc) is 2.94. The molecule has 3 nitrogen and oxygen atoms in total. The van der Waals surface area contributed by atoms with Gasteiger partial charge in [0.05, 0.1) is 28.8 Å². The summed E-state index contributed by atoms with van der Waals surface area (Å²) >= 11 is 0.389. The smallest absolute Gasteiger partial charge is 0.240 e. The van der Waals surface area contributed by atoms with E-state index in [-0.39, 0.29) is 16.1 Å². The number of aromatic nitrogens is 2. The van der Waals surface area contributed by atoms with Crippen LogP contribution in [0.15, 0.2) is 35.5 Å². The van der Waals surface area contributed by atoms with Crippen molar-refractivity contribution >= 4 is 11.8 Å². The van der Waals surface area contributed by atoms with Crippen LogP contribution in [0.25, 0.3) is 5.69 Å². The third kappa shape index (κ3) is 4.41. The molecule has 0 N–H and O–H groups in total. The molecule has 0 fully saturated rings. The zero-order chi connectivity index (χ0) is 17.3. The molecule has 0 radical (unpaired) electrons. The predicted octanol–water partition coefficient (Wildman–Crippen LogP) is 4.42. The van der Waals surface area contributed by atoms with E-state index in [1.54, 1.807) is 6.07 Å². The third-order valence-corrected chi connectivity index (χ3v) is 3.77. The molecule has 0 saturated carbocycles. The molecule has 0 amide bonds. The number of hydrogen-bond acceptors (Lipinski definition) is 3. The van der Waals surface area contributed by atoms with Crippen molar-refractivity contribution in [2.24, 2.45) is 0 Å². The van der Waals surface area contributed by atoms with Gasteiger partial charge < -0.3 is 0 Å². The predicted molar refractivity (Wildman–Crippen MR) is 70.1 cm³/mol. The lowest BCUT2D eigenvalue weighted by atomic mass is 10.2. The second-order valence-electron chi connectivity index (χ2n) is 4.37. The molecule has 1 aromatic heterocycles. The van der Waals surface area contributed by atoms with Gasteiger partial charge in [-0.25, -0.2) is 4.68 Å². The molecular weight excluding hydrogens is 344 g/mol. The van der Waals surface area contributed by atoms with Gasteiger partial charge in [0.1, 0.15) is 6.07 Å². The first-order valence-electron chi connectivity index (χ1n) is 5.96. The highest BCUT2D eigenvalue weighted by Crippen LogP contribution is 2.32. The standard InChI is InChI=1S/C13H7F6N3S/c14-12(15,16)7-23-11-3-10(2-1-8(11)4-20)22-6-9(5-21-22)13(17,18)19/h1-3,5-6H,7H2. The zero-order valence-electron chi connectivity index (χ0n) is 11.1. The van der Waals surface area contributed by atoms with E-state index < -0.39 is 23.7 Å². The number of hydrogen-bond donors (Lipinski definition) is 0. The van der Waals surface area contributed by atoms with E-state index in [2.05, 4.69) is 5.10 Å². The van der Waals surface area contributed by atoms with Crippen LogP contribution in [0.3, 0.4) is 0 Å². The van der Waals surface area contributed by atoms with E-state index in [9.17, 15) is 26.3 Å². The lowest BCUT2D eigenvalue weighted by molar-refractivity contribution is -0.137. The maximum absolute atomic E-state index is 12.5. The maximum atomic E-state index is 12.5. The molecular formula is C13H7F6N3S. The molecule has 0 aliphatic rings. The molecule has 0 bridgehead atoms.